The summed E-state index contributed by atoms with van der Waals surface area (Å²) in [6.07, 6.45) is 5.71. The van der Waals surface area contributed by atoms with Crippen molar-refractivity contribution in [3.05, 3.63) is 12.3 Å². The summed E-state index contributed by atoms with van der Waals surface area (Å²) in [5.41, 5.74) is 2.09. The highest BCUT2D eigenvalue weighted by molar-refractivity contribution is 5.82. The van der Waals surface area contributed by atoms with Gasteiger partial charge in [-0.15, -0.1) is 0 Å². The van der Waals surface area contributed by atoms with Gasteiger partial charge in [-0.25, -0.2) is 4.98 Å². The first-order valence-corrected chi connectivity index (χ1v) is 5.80. The van der Waals surface area contributed by atoms with E-state index in [0.29, 0.717) is 0 Å². The van der Waals surface area contributed by atoms with E-state index in [2.05, 4.69) is 20.2 Å². The molecule has 3 rings (SSSR count). The topological polar surface area (TPSA) is 48.7 Å². The third-order valence-electron chi connectivity index (χ3n) is 3.21. The summed E-state index contributed by atoms with van der Waals surface area (Å²) < 4.78 is 1.92. The van der Waals surface area contributed by atoms with E-state index in [9.17, 15) is 0 Å². The van der Waals surface area contributed by atoms with Crippen molar-refractivity contribution < 1.29 is 4.68 Å². The highest BCUT2D eigenvalue weighted by atomic mass is 15.4. The molecule has 0 atom stereocenters. The van der Waals surface area contributed by atoms with Gasteiger partial charge in [0.15, 0.2) is 5.82 Å². The lowest BCUT2D eigenvalue weighted by molar-refractivity contribution is -0.707. The first-order chi connectivity index (χ1) is 7.86. The molecule has 16 heavy (non-hydrogen) atoms. The van der Waals surface area contributed by atoms with Crippen LogP contribution in [-0.2, 0) is 7.05 Å². The lowest BCUT2D eigenvalue weighted by Gasteiger charge is -2.26. The summed E-state index contributed by atoms with van der Waals surface area (Å²) in [5.74, 6) is 1.02. The van der Waals surface area contributed by atoms with Crippen LogP contribution in [0.1, 0.15) is 19.3 Å². The smallest absolute Gasteiger partial charge is 0.290 e. The Labute approximate surface area is 94.1 Å². The van der Waals surface area contributed by atoms with E-state index in [1.807, 2.05) is 24.0 Å². The summed E-state index contributed by atoms with van der Waals surface area (Å²) in [7, 11) is 1.97. The van der Waals surface area contributed by atoms with Crippen molar-refractivity contribution in [1.29, 1.82) is 0 Å². The normalized spacial score (nSPS) is 16.9. The van der Waals surface area contributed by atoms with Crippen LogP contribution in [0.5, 0.6) is 0 Å². The van der Waals surface area contributed by atoms with Crippen LogP contribution in [0.25, 0.3) is 11.0 Å². The molecule has 3 heterocycles. The van der Waals surface area contributed by atoms with Crippen LogP contribution in [0.3, 0.4) is 0 Å². The number of hydrogen-bond acceptors (Lipinski definition) is 3. The van der Waals surface area contributed by atoms with Gasteiger partial charge in [0.05, 0.1) is 0 Å². The van der Waals surface area contributed by atoms with E-state index in [1.54, 1.807) is 0 Å². The molecular formula is C11H16N5+. The van der Waals surface area contributed by atoms with Gasteiger partial charge in [-0.05, 0) is 19.3 Å². The average molecular weight is 218 g/mol. The maximum atomic E-state index is 4.47. The fourth-order valence-corrected chi connectivity index (χ4v) is 2.33. The number of nitrogens with zero attached hydrogens (tertiary/aromatic N) is 4. The predicted molar refractivity (Wildman–Crippen MR) is 61.1 cm³/mol. The Hall–Kier alpha value is -1.65. The molecule has 84 valence electrons. The van der Waals surface area contributed by atoms with E-state index in [0.717, 1.165) is 29.9 Å². The number of hydrogen-bond donors (Lipinski definition) is 1. The summed E-state index contributed by atoms with van der Waals surface area (Å²) >= 11 is 0. The second-order valence-electron chi connectivity index (χ2n) is 4.32. The Morgan fingerprint density at radius 2 is 2.12 bits per heavy atom. The summed E-state index contributed by atoms with van der Waals surface area (Å²) in [6.45, 7) is 2.20. The first-order valence-electron chi connectivity index (χ1n) is 5.80. The van der Waals surface area contributed by atoms with E-state index in [-0.39, 0.29) is 0 Å². The Morgan fingerprint density at radius 3 is 2.94 bits per heavy atom. The number of H-pyrrole nitrogens is 1. The van der Waals surface area contributed by atoms with Gasteiger partial charge in [0.2, 0.25) is 5.52 Å². The van der Waals surface area contributed by atoms with Crippen LogP contribution in [-0.4, -0.2) is 28.4 Å². The molecule has 1 N–H and O–H groups in total. The molecule has 0 aliphatic carbocycles. The van der Waals surface area contributed by atoms with E-state index >= 15 is 0 Å². The molecule has 5 heteroatoms. The van der Waals surface area contributed by atoms with Crippen LogP contribution in [0, 0.1) is 0 Å². The van der Waals surface area contributed by atoms with Crippen molar-refractivity contribution in [1.82, 2.24) is 15.3 Å². The van der Waals surface area contributed by atoms with Crippen molar-refractivity contribution in [3.63, 3.8) is 0 Å². The molecule has 1 aliphatic rings. The lowest BCUT2D eigenvalue weighted by atomic mass is 10.1. The van der Waals surface area contributed by atoms with Gasteiger partial charge < -0.3 is 4.90 Å². The quantitative estimate of drug-likeness (QED) is 0.719. The molecule has 0 amide bonds. The maximum Gasteiger partial charge on any atom is 0.290 e. The van der Waals surface area contributed by atoms with Gasteiger partial charge in [0.25, 0.3) is 5.52 Å². The number of aromatic amines is 1. The van der Waals surface area contributed by atoms with Crippen LogP contribution in [0.4, 0.5) is 5.82 Å². The minimum absolute atomic E-state index is 0.979. The molecule has 2 aromatic heterocycles. The molecule has 1 aliphatic heterocycles. The largest absolute Gasteiger partial charge is 0.353 e. The Kier molecular flexibility index (Phi) is 2.23. The second kappa shape index (κ2) is 3.73. The number of anilines is 1. The van der Waals surface area contributed by atoms with Crippen molar-refractivity contribution in [2.75, 3.05) is 18.0 Å². The molecule has 0 radical (unpaired) electrons. The molecule has 2 aromatic rings. The number of piperidine rings is 1. The number of aryl methyl sites for hydroxylation is 1. The predicted octanol–water partition coefficient (Wildman–Crippen LogP) is 0.773. The average Bonchev–Trinajstić information content (AvgIpc) is 2.73. The lowest BCUT2D eigenvalue weighted by Crippen LogP contribution is -2.31. The van der Waals surface area contributed by atoms with E-state index in [1.165, 1.54) is 19.3 Å². The molecule has 0 aromatic carbocycles. The zero-order chi connectivity index (χ0) is 11.0. The van der Waals surface area contributed by atoms with Crippen molar-refractivity contribution >= 4 is 16.9 Å². The Morgan fingerprint density at radius 1 is 1.31 bits per heavy atom. The molecule has 1 fully saturated rings. The molecule has 5 nitrogen and oxygen atoms in total. The van der Waals surface area contributed by atoms with Crippen molar-refractivity contribution in [2.24, 2.45) is 7.05 Å². The van der Waals surface area contributed by atoms with Crippen LogP contribution in [0.2, 0.25) is 0 Å². The molecular weight excluding hydrogens is 202 g/mol. The third kappa shape index (κ3) is 1.43. The SMILES string of the molecule is C[n+]1[nH]nc2c(N3CCCCC3)nccc21. The molecule has 1 saturated heterocycles. The molecule has 0 bridgehead atoms. The summed E-state index contributed by atoms with van der Waals surface area (Å²) in [6, 6.07) is 1.99. The first kappa shape index (κ1) is 9.57. The fraction of sp³-hybridized carbons (Fsp3) is 0.545. The van der Waals surface area contributed by atoms with Crippen LogP contribution in [0.15, 0.2) is 12.3 Å². The van der Waals surface area contributed by atoms with Crippen LogP contribution < -0.4 is 9.58 Å². The number of fused-ring (bicyclic) bond motifs is 1. The number of rotatable bonds is 1. The van der Waals surface area contributed by atoms with Gasteiger partial charge in [0, 0.05) is 30.5 Å². The van der Waals surface area contributed by atoms with Gasteiger partial charge in [-0.1, -0.05) is 5.21 Å². The number of pyridine rings is 1. The molecule has 0 saturated carbocycles. The van der Waals surface area contributed by atoms with Gasteiger partial charge >= 0.3 is 0 Å². The fourth-order valence-electron chi connectivity index (χ4n) is 2.33. The minimum atomic E-state index is 0.979. The zero-order valence-electron chi connectivity index (χ0n) is 9.48. The standard InChI is InChI=1S/C11H15N5/c1-15-9-5-6-12-11(10(9)13-14-15)16-7-3-2-4-8-16/h5-6H,2-4,7-8H2,1H3/p+1. The monoisotopic (exact) mass is 218 g/mol. The Balaban J connectivity index is 2.08. The summed E-state index contributed by atoms with van der Waals surface area (Å²) in [5, 5.41) is 7.28. The molecule has 0 unspecified atom stereocenters. The van der Waals surface area contributed by atoms with Crippen molar-refractivity contribution in [2.45, 2.75) is 19.3 Å². The second-order valence-corrected chi connectivity index (χ2v) is 4.32. The van der Waals surface area contributed by atoms with E-state index < -0.39 is 0 Å². The van der Waals surface area contributed by atoms with E-state index in [4.69, 9.17) is 0 Å². The van der Waals surface area contributed by atoms with Gasteiger partial charge in [0.1, 0.15) is 7.05 Å². The summed E-state index contributed by atoms with van der Waals surface area (Å²) in [4.78, 5) is 6.81. The zero-order valence-corrected chi connectivity index (χ0v) is 9.48. The highest BCUT2D eigenvalue weighted by Gasteiger charge is 2.21. The highest BCUT2D eigenvalue weighted by Crippen LogP contribution is 2.22. The Bertz CT molecular complexity index is 498. The third-order valence-corrected chi connectivity index (χ3v) is 3.21. The van der Waals surface area contributed by atoms with Gasteiger partial charge in [-0.2, -0.15) is 4.68 Å². The maximum absolute atomic E-state index is 4.47. The van der Waals surface area contributed by atoms with Crippen LogP contribution >= 0.6 is 0 Å². The van der Waals surface area contributed by atoms with Gasteiger partial charge in [-0.3, -0.25) is 0 Å². The number of nitrogens with one attached hydrogen (secondary N) is 1. The number of aromatic nitrogens is 4. The molecule has 0 spiro atoms. The minimum Gasteiger partial charge on any atom is -0.353 e. The van der Waals surface area contributed by atoms with Crippen molar-refractivity contribution in [3.8, 4) is 0 Å².